The maximum Gasteiger partial charge on any atom is 0.184 e. The summed E-state index contributed by atoms with van der Waals surface area (Å²) < 4.78 is 13.6. The van der Waals surface area contributed by atoms with Crippen molar-refractivity contribution in [1.29, 1.82) is 0 Å². The Bertz CT molecular complexity index is 652. The molecule has 0 amide bonds. The molecule has 0 bridgehead atoms. The lowest BCUT2D eigenvalue weighted by molar-refractivity contribution is -0.148. The van der Waals surface area contributed by atoms with Crippen LogP contribution in [0, 0.1) is 34.5 Å². The third-order valence-electron chi connectivity index (χ3n) is 10.2. The van der Waals surface area contributed by atoms with Gasteiger partial charge in [0.2, 0.25) is 0 Å². The fraction of sp³-hybridized carbons (Fsp3) is 1.00. The lowest BCUT2D eigenvalue weighted by Crippen LogP contribution is -2.58. The zero-order chi connectivity index (χ0) is 22.2. The van der Waals surface area contributed by atoms with E-state index in [9.17, 15) is 0 Å². The molecule has 4 rings (SSSR count). The lowest BCUT2D eigenvalue weighted by atomic mass is 9.44. The summed E-state index contributed by atoms with van der Waals surface area (Å²) in [4.78, 5) is 0. The molecule has 4 heteroatoms. The highest BCUT2D eigenvalue weighted by molar-refractivity contribution is 6.70. The highest BCUT2D eigenvalue weighted by atomic mass is 28.4. The second-order valence-electron chi connectivity index (χ2n) is 14.2. The quantitative estimate of drug-likeness (QED) is 0.406. The van der Waals surface area contributed by atoms with E-state index in [2.05, 4.69) is 60.1 Å². The zero-order valence-electron chi connectivity index (χ0n) is 21.6. The zero-order valence-corrected chi connectivity index (χ0v) is 23.6. The van der Waals surface area contributed by atoms with Crippen LogP contribution in [0.25, 0.3) is 0 Å². The van der Waals surface area contributed by atoms with Crippen LogP contribution in [0.3, 0.4) is 0 Å². The summed E-state index contributed by atoms with van der Waals surface area (Å²) in [6, 6.07) is 0. The van der Waals surface area contributed by atoms with Crippen molar-refractivity contribution >= 4 is 16.6 Å². The van der Waals surface area contributed by atoms with Gasteiger partial charge in [-0.15, -0.1) is 0 Å². The Morgan fingerprint density at radius 2 is 1.37 bits per heavy atom. The minimum Gasteiger partial charge on any atom is -0.415 e. The van der Waals surface area contributed by atoms with E-state index < -0.39 is 16.6 Å². The molecule has 0 radical (unpaired) electrons. The van der Waals surface area contributed by atoms with Crippen molar-refractivity contribution in [2.24, 2.45) is 34.5 Å². The minimum atomic E-state index is -1.54. The number of hydrogen-bond acceptors (Lipinski definition) is 2. The molecule has 0 aromatic heterocycles. The van der Waals surface area contributed by atoms with Gasteiger partial charge in [0, 0.05) is 6.10 Å². The molecule has 0 aromatic rings. The monoisotopic (exact) mass is 450 g/mol. The standard InChI is InChI=1S/C26H50O2Si2/c1-24-15-12-20(27-29(4,5)6)18-19(24)10-11-21-22(24)13-16-25(2)23(21)14-17-26(25,3)28-30(7,8)9/h19-23H,10-18H2,1-9H3/t19-,20+,21?,22?,23?,24?,25?,26+/m0/s1. The highest BCUT2D eigenvalue weighted by Crippen LogP contribution is 2.69. The van der Waals surface area contributed by atoms with Crippen LogP contribution < -0.4 is 0 Å². The first-order valence-corrected chi connectivity index (χ1v) is 19.9. The van der Waals surface area contributed by atoms with Gasteiger partial charge in [0.05, 0.1) is 5.60 Å². The molecule has 0 spiro atoms. The van der Waals surface area contributed by atoms with Gasteiger partial charge in [-0.1, -0.05) is 13.8 Å². The van der Waals surface area contributed by atoms with Crippen molar-refractivity contribution in [3.8, 4) is 0 Å². The largest absolute Gasteiger partial charge is 0.415 e. The van der Waals surface area contributed by atoms with Crippen LogP contribution in [0.5, 0.6) is 0 Å². The predicted octanol–water partition coefficient (Wildman–Crippen LogP) is 7.86. The van der Waals surface area contributed by atoms with Gasteiger partial charge < -0.3 is 8.85 Å². The molecule has 4 aliphatic rings. The molecule has 30 heavy (non-hydrogen) atoms. The Hall–Kier alpha value is 0.354. The highest BCUT2D eigenvalue weighted by Gasteiger charge is 2.64. The second kappa shape index (κ2) is 7.43. The number of rotatable bonds is 4. The average molecular weight is 451 g/mol. The van der Waals surface area contributed by atoms with Crippen LogP contribution in [-0.4, -0.2) is 28.3 Å². The molecule has 0 aromatic carbocycles. The fourth-order valence-corrected chi connectivity index (χ4v) is 11.8. The molecule has 5 unspecified atom stereocenters. The number of hydrogen-bond donors (Lipinski definition) is 0. The predicted molar refractivity (Wildman–Crippen MR) is 133 cm³/mol. The molecule has 8 atom stereocenters. The lowest BCUT2D eigenvalue weighted by Gasteiger charge is -2.62. The summed E-state index contributed by atoms with van der Waals surface area (Å²) in [5, 5.41) is 0. The first-order valence-electron chi connectivity index (χ1n) is 13.0. The van der Waals surface area contributed by atoms with Crippen LogP contribution >= 0.6 is 0 Å². The summed E-state index contributed by atoms with van der Waals surface area (Å²) in [6.07, 6.45) is 13.0. The SMILES string of the molecule is CC12CC[C@@H](O[Si](C)(C)C)C[C@@H]1CCC1C2CCC2(C)C1CC[C@@]2(C)O[Si](C)(C)C. The third-order valence-corrected chi connectivity index (χ3v) is 12.3. The molecule has 0 heterocycles. The normalized spacial score (nSPS) is 49.3. The van der Waals surface area contributed by atoms with Crippen molar-refractivity contribution in [2.45, 2.75) is 130 Å². The van der Waals surface area contributed by atoms with Crippen LogP contribution in [0.2, 0.25) is 39.3 Å². The smallest absolute Gasteiger partial charge is 0.184 e. The van der Waals surface area contributed by atoms with E-state index in [1.807, 2.05) is 0 Å². The molecule has 2 nitrogen and oxygen atoms in total. The first-order chi connectivity index (χ1) is 13.7. The van der Waals surface area contributed by atoms with Crippen LogP contribution in [-0.2, 0) is 8.85 Å². The van der Waals surface area contributed by atoms with Crippen molar-refractivity contribution in [1.82, 2.24) is 0 Å². The van der Waals surface area contributed by atoms with Crippen LogP contribution in [0.1, 0.15) is 78.6 Å². The minimum absolute atomic E-state index is 0.105. The average Bonchev–Trinajstić information content (AvgIpc) is 2.83. The fourth-order valence-electron chi connectivity index (χ4n) is 8.89. The van der Waals surface area contributed by atoms with E-state index in [4.69, 9.17) is 8.85 Å². The molecular weight excluding hydrogens is 400 g/mol. The third kappa shape index (κ3) is 3.94. The van der Waals surface area contributed by atoms with Crippen molar-refractivity contribution in [2.75, 3.05) is 0 Å². The van der Waals surface area contributed by atoms with E-state index in [1.165, 1.54) is 57.8 Å². The first kappa shape index (κ1) is 23.5. The van der Waals surface area contributed by atoms with Crippen molar-refractivity contribution in [3.63, 3.8) is 0 Å². The summed E-state index contributed by atoms with van der Waals surface area (Å²) in [5.41, 5.74) is 1.05. The Kier molecular flexibility index (Phi) is 5.82. The molecule has 4 fully saturated rings. The van der Waals surface area contributed by atoms with E-state index in [0.29, 0.717) is 16.9 Å². The molecular formula is C26H50O2Si2. The van der Waals surface area contributed by atoms with Crippen LogP contribution in [0.4, 0.5) is 0 Å². The molecule has 0 saturated heterocycles. The van der Waals surface area contributed by atoms with E-state index in [0.717, 1.165) is 23.7 Å². The van der Waals surface area contributed by atoms with Gasteiger partial charge in [0.1, 0.15) is 0 Å². The van der Waals surface area contributed by atoms with Gasteiger partial charge in [0.25, 0.3) is 0 Å². The molecule has 0 N–H and O–H groups in total. The van der Waals surface area contributed by atoms with Gasteiger partial charge in [-0.05, 0) is 138 Å². The van der Waals surface area contributed by atoms with E-state index in [-0.39, 0.29) is 5.60 Å². The van der Waals surface area contributed by atoms with Gasteiger partial charge in [0.15, 0.2) is 16.6 Å². The topological polar surface area (TPSA) is 18.5 Å². The Morgan fingerprint density at radius 1 is 0.700 bits per heavy atom. The van der Waals surface area contributed by atoms with E-state index in [1.54, 1.807) is 0 Å². The number of fused-ring (bicyclic) bond motifs is 5. The maximum absolute atomic E-state index is 6.96. The molecule has 4 aliphatic carbocycles. The van der Waals surface area contributed by atoms with Crippen molar-refractivity contribution in [3.05, 3.63) is 0 Å². The van der Waals surface area contributed by atoms with Crippen molar-refractivity contribution < 1.29 is 8.85 Å². The van der Waals surface area contributed by atoms with Gasteiger partial charge >= 0.3 is 0 Å². The molecule has 0 aliphatic heterocycles. The molecule has 4 saturated carbocycles. The summed E-state index contributed by atoms with van der Waals surface area (Å²) in [7, 11) is -2.98. The Balaban J connectivity index is 1.52. The summed E-state index contributed by atoms with van der Waals surface area (Å²) in [6.45, 7) is 22.0. The van der Waals surface area contributed by atoms with Gasteiger partial charge in [-0.2, -0.15) is 0 Å². The second-order valence-corrected chi connectivity index (χ2v) is 23.1. The Labute approximate surface area is 189 Å². The van der Waals surface area contributed by atoms with Crippen LogP contribution in [0.15, 0.2) is 0 Å². The Morgan fingerprint density at radius 3 is 2.00 bits per heavy atom. The summed E-state index contributed by atoms with van der Waals surface area (Å²) in [5.74, 6) is 3.65. The van der Waals surface area contributed by atoms with Gasteiger partial charge in [-0.3, -0.25) is 0 Å². The molecule has 174 valence electrons. The van der Waals surface area contributed by atoms with E-state index >= 15 is 0 Å². The summed E-state index contributed by atoms with van der Waals surface area (Å²) >= 11 is 0. The maximum atomic E-state index is 6.96. The van der Waals surface area contributed by atoms with Gasteiger partial charge in [-0.25, -0.2) is 0 Å².